The van der Waals surface area contributed by atoms with Gasteiger partial charge in [-0.2, -0.15) is 0 Å². The lowest BCUT2D eigenvalue weighted by Gasteiger charge is -2.08. The molecule has 0 atom stereocenters. The minimum Gasteiger partial charge on any atom is -0.507 e. The fourth-order valence-corrected chi connectivity index (χ4v) is 1.49. The van der Waals surface area contributed by atoms with E-state index in [-0.39, 0.29) is 28.6 Å². The van der Waals surface area contributed by atoms with E-state index in [4.69, 9.17) is 5.11 Å². The minimum absolute atomic E-state index is 0.232. The van der Waals surface area contributed by atoms with Gasteiger partial charge < -0.3 is 25.5 Å². The summed E-state index contributed by atoms with van der Waals surface area (Å²) in [6.07, 6.45) is 0. The molecule has 0 spiro atoms. The SMILES string of the molecule is Oc1ccc(-c2cc(O)c(O)cc2O)cc1O. The van der Waals surface area contributed by atoms with E-state index in [1.165, 1.54) is 18.2 Å². The van der Waals surface area contributed by atoms with Crippen molar-refractivity contribution in [3.63, 3.8) is 0 Å². The van der Waals surface area contributed by atoms with Gasteiger partial charge in [-0.3, -0.25) is 0 Å². The van der Waals surface area contributed by atoms with Gasteiger partial charge in [-0.15, -0.1) is 0 Å². The molecule has 0 aliphatic heterocycles. The van der Waals surface area contributed by atoms with Crippen molar-refractivity contribution < 1.29 is 25.5 Å². The van der Waals surface area contributed by atoms with Crippen LogP contribution in [-0.2, 0) is 0 Å². The Morgan fingerprint density at radius 1 is 0.529 bits per heavy atom. The molecular formula is C12H10O5. The van der Waals surface area contributed by atoms with Crippen molar-refractivity contribution in [3.05, 3.63) is 30.3 Å². The van der Waals surface area contributed by atoms with Crippen LogP contribution in [0.25, 0.3) is 11.1 Å². The summed E-state index contributed by atoms with van der Waals surface area (Å²) < 4.78 is 0. The highest BCUT2D eigenvalue weighted by molar-refractivity contribution is 5.75. The van der Waals surface area contributed by atoms with Crippen molar-refractivity contribution in [2.24, 2.45) is 0 Å². The van der Waals surface area contributed by atoms with E-state index >= 15 is 0 Å². The quantitative estimate of drug-likeness (QED) is 0.383. The Kier molecular flexibility index (Phi) is 2.44. The van der Waals surface area contributed by atoms with E-state index in [9.17, 15) is 20.4 Å². The number of hydrogen-bond acceptors (Lipinski definition) is 5. The lowest BCUT2D eigenvalue weighted by Crippen LogP contribution is -1.80. The van der Waals surface area contributed by atoms with E-state index in [1.807, 2.05) is 0 Å². The summed E-state index contributed by atoms with van der Waals surface area (Å²) in [6, 6.07) is 6.11. The Morgan fingerprint density at radius 2 is 1.12 bits per heavy atom. The van der Waals surface area contributed by atoms with Crippen LogP contribution in [0.2, 0.25) is 0 Å². The Hall–Kier alpha value is -2.56. The predicted molar refractivity (Wildman–Crippen MR) is 60.2 cm³/mol. The number of aromatic hydroxyl groups is 5. The van der Waals surface area contributed by atoms with Crippen molar-refractivity contribution >= 4 is 0 Å². The van der Waals surface area contributed by atoms with Gasteiger partial charge >= 0.3 is 0 Å². The molecule has 0 aromatic heterocycles. The van der Waals surface area contributed by atoms with Gasteiger partial charge in [0.05, 0.1) is 0 Å². The van der Waals surface area contributed by atoms with Gasteiger partial charge in [0.2, 0.25) is 0 Å². The second-order valence-electron chi connectivity index (χ2n) is 3.56. The third kappa shape index (κ3) is 1.90. The van der Waals surface area contributed by atoms with E-state index in [1.54, 1.807) is 0 Å². The van der Waals surface area contributed by atoms with Crippen molar-refractivity contribution in [2.45, 2.75) is 0 Å². The van der Waals surface area contributed by atoms with Gasteiger partial charge in [0.15, 0.2) is 23.0 Å². The van der Waals surface area contributed by atoms with E-state index in [0.717, 1.165) is 12.1 Å². The molecule has 0 unspecified atom stereocenters. The zero-order valence-electron chi connectivity index (χ0n) is 8.62. The van der Waals surface area contributed by atoms with Crippen LogP contribution in [0.4, 0.5) is 0 Å². The molecule has 5 nitrogen and oxygen atoms in total. The Labute approximate surface area is 96.5 Å². The highest BCUT2D eigenvalue weighted by Gasteiger charge is 2.11. The second kappa shape index (κ2) is 3.79. The molecule has 5 N–H and O–H groups in total. The van der Waals surface area contributed by atoms with Crippen molar-refractivity contribution in [1.29, 1.82) is 0 Å². The van der Waals surface area contributed by atoms with E-state index in [0.29, 0.717) is 5.56 Å². The zero-order valence-corrected chi connectivity index (χ0v) is 8.62. The highest BCUT2D eigenvalue weighted by Crippen LogP contribution is 2.40. The second-order valence-corrected chi connectivity index (χ2v) is 3.56. The number of phenols is 5. The number of rotatable bonds is 1. The van der Waals surface area contributed by atoms with Gasteiger partial charge in [0.25, 0.3) is 0 Å². The van der Waals surface area contributed by atoms with Crippen molar-refractivity contribution in [2.75, 3.05) is 0 Å². The van der Waals surface area contributed by atoms with Crippen molar-refractivity contribution in [1.82, 2.24) is 0 Å². The summed E-state index contributed by atoms with van der Waals surface area (Å²) in [6.45, 7) is 0. The van der Waals surface area contributed by atoms with Gasteiger partial charge in [0.1, 0.15) is 5.75 Å². The molecule has 88 valence electrons. The lowest BCUT2D eigenvalue weighted by atomic mass is 10.0. The summed E-state index contributed by atoms with van der Waals surface area (Å²) in [4.78, 5) is 0. The van der Waals surface area contributed by atoms with Crippen LogP contribution in [0.5, 0.6) is 28.7 Å². The molecule has 0 amide bonds. The third-order valence-electron chi connectivity index (χ3n) is 2.38. The predicted octanol–water partition coefficient (Wildman–Crippen LogP) is 1.88. The molecule has 0 saturated carbocycles. The maximum absolute atomic E-state index is 9.61. The number of benzene rings is 2. The number of phenolic OH excluding ortho intramolecular Hbond substituents is 5. The van der Waals surface area contributed by atoms with Crippen LogP contribution < -0.4 is 0 Å². The first-order valence-corrected chi connectivity index (χ1v) is 4.76. The molecule has 0 aliphatic carbocycles. The minimum atomic E-state index is -0.436. The van der Waals surface area contributed by atoms with Crippen LogP contribution in [-0.4, -0.2) is 25.5 Å². The zero-order chi connectivity index (χ0) is 12.6. The summed E-state index contributed by atoms with van der Waals surface area (Å²) in [5, 5.41) is 46.6. The fourth-order valence-electron chi connectivity index (χ4n) is 1.49. The Morgan fingerprint density at radius 3 is 1.76 bits per heavy atom. The standard InChI is InChI=1S/C12H10O5/c13-8-2-1-6(3-10(8)15)7-4-11(16)12(17)5-9(7)14/h1-5,13-17H. The van der Waals surface area contributed by atoms with Gasteiger partial charge in [-0.05, 0) is 23.8 Å². The topological polar surface area (TPSA) is 101 Å². The van der Waals surface area contributed by atoms with Gasteiger partial charge in [-0.25, -0.2) is 0 Å². The molecule has 2 aromatic rings. The van der Waals surface area contributed by atoms with Crippen molar-refractivity contribution in [3.8, 4) is 39.9 Å². The average Bonchev–Trinajstić information content (AvgIpc) is 2.27. The van der Waals surface area contributed by atoms with Gasteiger partial charge in [-0.1, -0.05) is 6.07 Å². The smallest absolute Gasteiger partial charge is 0.161 e. The molecule has 5 heteroatoms. The van der Waals surface area contributed by atoms with Crippen LogP contribution in [0.15, 0.2) is 30.3 Å². The molecule has 17 heavy (non-hydrogen) atoms. The fraction of sp³-hybridized carbons (Fsp3) is 0. The molecule has 2 rings (SSSR count). The molecule has 0 radical (unpaired) electrons. The summed E-state index contributed by atoms with van der Waals surface area (Å²) >= 11 is 0. The van der Waals surface area contributed by atoms with E-state index in [2.05, 4.69) is 0 Å². The largest absolute Gasteiger partial charge is 0.507 e. The summed E-state index contributed by atoms with van der Waals surface area (Å²) in [5.41, 5.74) is 0.628. The molecule has 0 bridgehead atoms. The molecule has 0 heterocycles. The summed E-state index contributed by atoms with van der Waals surface area (Å²) in [5.74, 6) is -1.68. The van der Waals surface area contributed by atoms with Gasteiger partial charge in [0, 0.05) is 11.6 Å². The molecule has 0 fully saturated rings. The maximum atomic E-state index is 9.61. The third-order valence-corrected chi connectivity index (χ3v) is 2.38. The van der Waals surface area contributed by atoms with Crippen LogP contribution in [0, 0.1) is 0 Å². The number of hydrogen-bond donors (Lipinski definition) is 5. The average molecular weight is 234 g/mol. The first-order chi connectivity index (χ1) is 7.99. The van der Waals surface area contributed by atoms with Crippen LogP contribution in [0.3, 0.4) is 0 Å². The van der Waals surface area contributed by atoms with E-state index < -0.39 is 5.75 Å². The summed E-state index contributed by atoms with van der Waals surface area (Å²) in [7, 11) is 0. The Bertz CT molecular complexity index is 577. The lowest BCUT2D eigenvalue weighted by molar-refractivity contribution is 0.397. The normalized spacial score (nSPS) is 10.4. The molecule has 0 saturated heterocycles. The first kappa shape index (κ1) is 10.9. The molecule has 2 aromatic carbocycles. The highest BCUT2D eigenvalue weighted by atomic mass is 16.3. The van der Waals surface area contributed by atoms with Crippen LogP contribution >= 0.6 is 0 Å². The Balaban J connectivity index is 2.60. The molecular weight excluding hydrogens is 224 g/mol. The first-order valence-electron chi connectivity index (χ1n) is 4.76. The molecule has 0 aliphatic rings. The maximum Gasteiger partial charge on any atom is 0.161 e. The monoisotopic (exact) mass is 234 g/mol. The van der Waals surface area contributed by atoms with Crippen LogP contribution in [0.1, 0.15) is 0 Å².